The van der Waals surface area contributed by atoms with Gasteiger partial charge in [0.1, 0.15) is 0 Å². The van der Waals surface area contributed by atoms with E-state index in [1.807, 2.05) is 4.90 Å². The minimum atomic E-state index is 0.0542. The summed E-state index contributed by atoms with van der Waals surface area (Å²) in [5.74, 6) is 1.99. The number of piperidine rings is 1. The van der Waals surface area contributed by atoms with Gasteiger partial charge in [0.15, 0.2) is 0 Å². The lowest BCUT2D eigenvalue weighted by molar-refractivity contribution is 0.0688. The van der Waals surface area contributed by atoms with Crippen LogP contribution in [0.4, 0.5) is 4.79 Å². The van der Waals surface area contributed by atoms with Crippen molar-refractivity contribution in [2.24, 2.45) is 23.7 Å². The molecule has 2 unspecified atom stereocenters. The van der Waals surface area contributed by atoms with Crippen molar-refractivity contribution in [1.82, 2.24) is 9.80 Å². The van der Waals surface area contributed by atoms with Crippen LogP contribution >= 0.6 is 0 Å². The van der Waals surface area contributed by atoms with E-state index in [0.717, 1.165) is 19.5 Å². The zero-order chi connectivity index (χ0) is 13.3. The van der Waals surface area contributed by atoms with E-state index in [9.17, 15) is 4.79 Å². The van der Waals surface area contributed by atoms with Gasteiger partial charge in [-0.3, -0.25) is 0 Å². The number of amides is 2. The Balaban J connectivity index is 1.90. The summed E-state index contributed by atoms with van der Waals surface area (Å²) in [6.07, 6.45) is 1.10. The highest BCUT2D eigenvalue weighted by atomic mass is 16.2. The number of urea groups is 1. The van der Waals surface area contributed by atoms with Crippen molar-refractivity contribution < 1.29 is 4.79 Å². The molecule has 2 rings (SSSR count). The molecule has 2 saturated heterocycles. The predicted octanol–water partition coefficient (Wildman–Crippen LogP) is 2.18. The van der Waals surface area contributed by atoms with Crippen molar-refractivity contribution in [1.29, 1.82) is 5.26 Å². The fourth-order valence-corrected chi connectivity index (χ4v) is 3.06. The molecule has 0 aromatic rings. The van der Waals surface area contributed by atoms with Crippen LogP contribution in [0.3, 0.4) is 0 Å². The molecule has 4 heteroatoms. The lowest BCUT2D eigenvalue weighted by Crippen LogP contribution is -2.57. The Morgan fingerprint density at radius 1 is 1.28 bits per heavy atom. The molecule has 2 aliphatic heterocycles. The van der Waals surface area contributed by atoms with Gasteiger partial charge in [-0.15, -0.1) is 0 Å². The summed E-state index contributed by atoms with van der Waals surface area (Å²) in [7, 11) is 0. The fraction of sp³-hybridized carbons (Fsp3) is 0.857. The van der Waals surface area contributed by atoms with Gasteiger partial charge in [0.05, 0.1) is 12.0 Å². The van der Waals surface area contributed by atoms with Gasteiger partial charge in [0.2, 0.25) is 0 Å². The van der Waals surface area contributed by atoms with Gasteiger partial charge in [-0.05, 0) is 24.2 Å². The number of rotatable bonds is 1. The molecule has 2 heterocycles. The van der Waals surface area contributed by atoms with E-state index >= 15 is 0 Å². The monoisotopic (exact) mass is 249 g/mol. The van der Waals surface area contributed by atoms with Crippen LogP contribution in [0.2, 0.25) is 0 Å². The predicted molar refractivity (Wildman–Crippen MR) is 69.8 cm³/mol. The van der Waals surface area contributed by atoms with E-state index < -0.39 is 0 Å². The molecule has 0 spiro atoms. The van der Waals surface area contributed by atoms with E-state index in [1.54, 1.807) is 4.90 Å². The van der Waals surface area contributed by atoms with Crippen molar-refractivity contribution in [3.63, 3.8) is 0 Å². The van der Waals surface area contributed by atoms with Crippen LogP contribution in [-0.4, -0.2) is 42.0 Å². The van der Waals surface area contributed by atoms with Crippen LogP contribution in [0.5, 0.6) is 0 Å². The molecule has 2 aliphatic rings. The minimum Gasteiger partial charge on any atom is -0.324 e. The Kier molecular flexibility index (Phi) is 3.79. The van der Waals surface area contributed by atoms with Gasteiger partial charge in [-0.25, -0.2) is 4.79 Å². The van der Waals surface area contributed by atoms with E-state index in [4.69, 9.17) is 5.26 Å². The molecule has 2 amide bonds. The lowest BCUT2D eigenvalue weighted by Gasteiger charge is -2.44. The first-order valence-electron chi connectivity index (χ1n) is 6.96. The fourth-order valence-electron chi connectivity index (χ4n) is 3.06. The molecule has 4 nitrogen and oxygen atoms in total. The molecule has 0 aromatic carbocycles. The molecule has 0 N–H and O–H groups in total. The maximum Gasteiger partial charge on any atom is 0.320 e. The number of hydrogen-bond donors (Lipinski definition) is 0. The van der Waals surface area contributed by atoms with Crippen LogP contribution in [0.1, 0.15) is 27.2 Å². The van der Waals surface area contributed by atoms with Crippen LogP contribution in [0, 0.1) is 35.0 Å². The van der Waals surface area contributed by atoms with Gasteiger partial charge < -0.3 is 9.80 Å². The highest BCUT2D eigenvalue weighted by Gasteiger charge is 2.37. The van der Waals surface area contributed by atoms with Crippen molar-refractivity contribution in [2.45, 2.75) is 27.2 Å². The molecule has 2 atom stereocenters. The van der Waals surface area contributed by atoms with Gasteiger partial charge in [0.25, 0.3) is 0 Å². The maximum absolute atomic E-state index is 12.3. The maximum atomic E-state index is 12.3. The Hall–Kier alpha value is -1.24. The molecular weight excluding hydrogens is 226 g/mol. The third kappa shape index (κ3) is 2.45. The van der Waals surface area contributed by atoms with Crippen LogP contribution in [-0.2, 0) is 0 Å². The molecule has 0 aliphatic carbocycles. The largest absolute Gasteiger partial charge is 0.324 e. The van der Waals surface area contributed by atoms with Crippen molar-refractivity contribution in [3.05, 3.63) is 0 Å². The number of carbonyl (C=O) groups excluding carboxylic acids is 1. The minimum absolute atomic E-state index is 0.0542. The summed E-state index contributed by atoms with van der Waals surface area (Å²) < 4.78 is 0. The van der Waals surface area contributed by atoms with Gasteiger partial charge in [-0.1, -0.05) is 20.8 Å². The van der Waals surface area contributed by atoms with Gasteiger partial charge >= 0.3 is 6.03 Å². The van der Waals surface area contributed by atoms with Crippen molar-refractivity contribution in [2.75, 3.05) is 26.2 Å². The quantitative estimate of drug-likeness (QED) is 0.715. The summed E-state index contributed by atoms with van der Waals surface area (Å²) in [6.45, 7) is 9.76. The summed E-state index contributed by atoms with van der Waals surface area (Å²) >= 11 is 0. The topological polar surface area (TPSA) is 47.3 Å². The highest BCUT2D eigenvalue weighted by molar-refractivity contribution is 5.75. The van der Waals surface area contributed by atoms with E-state index in [-0.39, 0.29) is 11.9 Å². The lowest BCUT2D eigenvalue weighted by atomic mass is 9.80. The number of nitrogens with zero attached hydrogens (tertiary/aromatic N) is 3. The van der Waals surface area contributed by atoms with E-state index in [2.05, 4.69) is 26.8 Å². The summed E-state index contributed by atoms with van der Waals surface area (Å²) in [4.78, 5) is 16.1. The van der Waals surface area contributed by atoms with E-state index in [1.165, 1.54) is 0 Å². The smallest absolute Gasteiger partial charge is 0.320 e. The third-order valence-corrected chi connectivity index (χ3v) is 4.48. The van der Waals surface area contributed by atoms with E-state index in [0.29, 0.717) is 30.8 Å². The Labute approximate surface area is 110 Å². The van der Waals surface area contributed by atoms with Crippen LogP contribution in [0.15, 0.2) is 0 Å². The molecule has 2 fully saturated rings. The number of nitriles is 1. The molecule has 0 aromatic heterocycles. The third-order valence-electron chi connectivity index (χ3n) is 4.48. The Morgan fingerprint density at radius 2 is 1.94 bits per heavy atom. The zero-order valence-electron chi connectivity index (χ0n) is 11.6. The first kappa shape index (κ1) is 13.2. The van der Waals surface area contributed by atoms with Crippen molar-refractivity contribution in [3.8, 4) is 6.07 Å². The second kappa shape index (κ2) is 5.17. The van der Waals surface area contributed by atoms with Gasteiger partial charge in [0, 0.05) is 26.2 Å². The average molecular weight is 249 g/mol. The number of likely N-dealkylation sites (tertiary alicyclic amines) is 2. The molecular formula is C14H23N3O. The average Bonchev–Trinajstić information content (AvgIpc) is 2.27. The molecule has 18 heavy (non-hydrogen) atoms. The van der Waals surface area contributed by atoms with Crippen LogP contribution in [0.25, 0.3) is 0 Å². The normalized spacial score (nSPS) is 29.1. The van der Waals surface area contributed by atoms with Crippen molar-refractivity contribution >= 4 is 6.03 Å². The standard InChI is InChI=1S/C14H23N3O/c1-10(2)13-9-16(5-4-11(13)3)14(18)17-7-12(6-15)8-17/h10-13H,4-5,7-9H2,1-3H3. The zero-order valence-corrected chi connectivity index (χ0v) is 11.6. The summed E-state index contributed by atoms with van der Waals surface area (Å²) in [5, 5.41) is 8.74. The van der Waals surface area contributed by atoms with Crippen LogP contribution < -0.4 is 0 Å². The highest BCUT2D eigenvalue weighted by Crippen LogP contribution is 2.30. The molecule has 0 bridgehead atoms. The molecule has 100 valence electrons. The molecule has 0 saturated carbocycles. The summed E-state index contributed by atoms with van der Waals surface area (Å²) in [5.41, 5.74) is 0. The number of hydrogen-bond acceptors (Lipinski definition) is 2. The Bertz CT molecular complexity index is 355. The first-order chi connectivity index (χ1) is 8.52. The first-order valence-corrected chi connectivity index (χ1v) is 6.96. The second-order valence-corrected chi connectivity index (χ2v) is 6.13. The van der Waals surface area contributed by atoms with Gasteiger partial charge in [-0.2, -0.15) is 5.26 Å². The SMILES string of the molecule is CC(C)C1CN(C(=O)N2CC(C#N)C2)CCC1C. The summed E-state index contributed by atoms with van der Waals surface area (Å²) in [6, 6.07) is 2.35. The second-order valence-electron chi connectivity index (χ2n) is 6.13. The number of carbonyl (C=O) groups is 1. The molecule has 0 radical (unpaired) electrons. The Morgan fingerprint density at radius 3 is 2.50 bits per heavy atom.